The molecule has 0 saturated carbocycles. The molecule has 3 aromatic rings. The smallest absolute Gasteiger partial charge is 0.349 e. The average Bonchev–Trinajstić information content (AvgIpc) is 3.15. The maximum atomic E-state index is 13.1. The molecular formula is C19H18N2O6S. The fourth-order valence-electron chi connectivity index (χ4n) is 2.74. The number of aromatic nitrogens is 1. The Morgan fingerprint density at radius 1 is 1.04 bits per heavy atom. The summed E-state index contributed by atoms with van der Waals surface area (Å²) in [4.78, 5) is 15.2. The molecule has 28 heavy (non-hydrogen) atoms. The highest BCUT2D eigenvalue weighted by Gasteiger charge is 2.21. The van der Waals surface area contributed by atoms with Gasteiger partial charge in [0.15, 0.2) is 11.5 Å². The number of carbonyl (C=O) groups is 1. The van der Waals surface area contributed by atoms with E-state index in [0.717, 1.165) is 0 Å². The lowest BCUT2D eigenvalue weighted by Gasteiger charge is -2.11. The van der Waals surface area contributed by atoms with E-state index in [-0.39, 0.29) is 4.90 Å². The van der Waals surface area contributed by atoms with E-state index < -0.39 is 16.0 Å². The molecule has 2 N–H and O–H groups in total. The van der Waals surface area contributed by atoms with Crippen molar-refractivity contribution in [1.82, 2.24) is 3.97 Å². The molecule has 0 fully saturated rings. The summed E-state index contributed by atoms with van der Waals surface area (Å²) in [5, 5.41) is 0.687. The third-order valence-corrected chi connectivity index (χ3v) is 5.80. The monoisotopic (exact) mass is 402 g/mol. The quantitative estimate of drug-likeness (QED) is 0.498. The van der Waals surface area contributed by atoms with Crippen LogP contribution in [0.25, 0.3) is 17.0 Å². The van der Waals surface area contributed by atoms with Crippen LogP contribution in [0.5, 0.6) is 11.5 Å². The third kappa shape index (κ3) is 3.57. The molecule has 0 aliphatic carbocycles. The Bertz CT molecular complexity index is 1160. The van der Waals surface area contributed by atoms with E-state index >= 15 is 0 Å². The van der Waals surface area contributed by atoms with Crippen LogP contribution in [-0.4, -0.2) is 32.6 Å². The molecule has 146 valence electrons. The Morgan fingerprint density at radius 2 is 1.79 bits per heavy atom. The van der Waals surface area contributed by atoms with Gasteiger partial charge in [-0.25, -0.2) is 17.2 Å². The van der Waals surface area contributed by atoms with Gasteiger partial charge in [-0.2, -0.15) is 5.90 Å². The lowest BCUT2D eigenvalue weighted by molar-refractivity contribution is -0.138. The van der Waals surface area contributed by atoms with Gasteiger partial charge in [0.1, 0.15) is 0 Å². The van der Waals surface area contributed by atoms with Gasteiger partial charge in [-0.1, -0.05) is 6.07 Å². The van der Waals surface area contributed by atoms with Crippen LogP contribution in [0.4, 0.5) is 0 Å². The molecule has 0 unspecified atom stereocenters. The molecule has 0 amide bonds. The lowest BCUT2D eigenvalue weighted by atomic mass is 10.1. The molecule has 8 nitrogen and oxygen atoms in total. The van der Waals surface area contributed by atoms with Gasteiger partial charge in [0, 0.05) is 23.7 Å². The summed E-state index contributed by atoms with van der Waals surface area (Å²) in [5.41, 5.74) is 1.19. The van der Waals surface area contributed by atoms with Gasteiger partial charge >= 0.3 is 5.97 Å². The number of nitrogens with two attached hydrogens (primary N) is 1. The zero-order chi connectivity index (χ0) is 20.3. The molecule has 9 heteroatoms. The van der Waals surface area contributed by atoms with Gasteiger partial charge < -0.3 is 14.3 Å². The first-order chi connectivity index (χ1) is 13.4. The fourth-order valence-corrected chi connectivity index (χ4v) is 4.11. The predicted molar refractivity (Wildman–Crippen MR) is 103 cm³/mol. The highest BCUT2D eigenvalue weighted by atomic mass is 32.2. The van der Waals surface area contributed by atoms with Crippen LogP contribution in [0, 0.1) is 0 Å². The van der Waals surface area contributed by atoms with Crippen molar-refractivity contribution >= 4 is 33.0 Å². The molecule has 1 heterocycles. The van der Waals surface area contributed by atoms with E-state index in [1.807, 2.05) is 0 Å². The molecule has 0 aliphatic rings. The van der Waals surface area contributed by atoms with E-state index in [2.05, 4.69) is 4.84 Å². The predicted octanol–water partition coefficient (Wildman–Crippen LogP) is 2.33. The Balaban J connectivity index is 2.03. The number of hydrogen-bond donors (Lipinski definition) is 1. The van der Waals surface area contributed by atoms with Crippen LogP contribution in [0.1, 0.15) is 5.56 Å². The number of fused-ring (bicyclic) bond motifs is 1. The van der Waals surface area contributed by atoms with Gasteiger partial charge in [0.25, 0.3) is 10.0 Å². The van der Waals surface area contributed by atoms with Crippen LogP contribution < -0.4 is 15.4 Å². The summed E-state index contributed by atoms with van der Waals surface area (Å²) in [6.07, 6.45) is 4.17. The zero-order valence-corrected chi connectivity index (χ0v) is 16.0. The third-order valence-electron chi connectivity index (χ3n) is 4.12. The van der Waals surface area contributed by atoms with Gasteiger partial charge in [-0.3, -0.25) is 0 Å². The van der Waals surface area contributed by atoms with Crippen LogP contribution in [0.3, 0.4) is 0 Å². The van der Waals surface area contributed by atoms with Crippen molar-refractivity contribution in [3.63, 3.8) is 0 Å². The fraction of sp³-hybridized carbons (Fsp3) is 0.105. The first-order valence-corrected chi connectivity index (χ1v) is 9.52. The largest absolute Gasteiger partial charge is 0.493 e. The van der Waals surface area contributed by atoms with Crippen molar-refractivity contribution in [1.29, 1.82) is 0 Å². The summed E-state index contributed by atoms with van der Waals surface area (Å²) < 4.78 is 37.7. The number of ether oxygens (including phenoxy) is 2. The summed E-state index contributed by atoms with van der Waals surface area (Å²) in [5.74, 6) is 4.85. The normalized spacial score (nSPS) is 11.7. The molecule has 1 aromatic heterocycles. The first kappa shape index (κ1) is 19.5. The van der Waals surface area contributed by atoms with Gasteiger partial charge in [0.05, 0.1) is 24.6 Å². The summed E-state index contributed by atoms with van der Waals surface area (Å²) in [6.45, 7) is 0. The van der Waals surface area contributed by atoms with Gasteiger partial charge in [-0.05, 0) is 42.0 Å². The van der Waals surface area contributed by atoms with Crippen molar-refractivity contribution in [2.24, 2.45) is 5.90 Å². The van der Waals surface area contributed by atoms with E-state index in [1.165, 1.54) is 54.7 Å². The van der Waals surface area contributed by atoms with Crippen molar-refractivity contribution < 1.29 is 27.5 Å². The maximum absolute atomic E-state index is 13.1. The molecule has 0 atom stereocenters. The molecule has 0 saturated heterocycles. The van der Waals surface area contributed by atoms with Crippen molar-refractivity contribution in [2.45, 2.75) is 4.90 Å². The van der Waals surface area contributed by atoms with Gasteiger partial charge in [0.2, 0.25) is 0 Å². The lowest BCUT2D eigenvalue weighted by Crippen LogP contribution is -2.12. The minimum Gasteiger partial charge on any atom is -0.493 e. The first-order valence-electron chi connectivity index (χ1n) is 8.08. The van der Waals surface area contributed by atoms with E-state index in [0.29, 0.717) is 28.0 Å². The molecule has 0 bridgehead atoms. The van der Waals surface area contributed by atoms with Crippen LogP contribution in [-0.2, 0) is 19.7 Å². The number of rotatable bonds is 6. The van der Waals surface area contributed by atoms with Crippen LogP contribution in [0.2, 0.25) is 0 Å². The zero-order valence-electron chi connectivity index (χ0n) is 15.2. The molecule has 2 aromatic carbocycles. The summed E-state index contributed by atoms with van der Waals surface area (Å²) in [7, 11) is -0.934. The van der Waals surface area contributed by atoms with Crippen molar-refractivity contribution in [3.8, 4) is 11.5 Å². The van der Waals surface area contributed by atoms with Crippen LogP contribution in [0.15, 0.2) is 59.6 Å². The number of carbonyl (C=O) groups excluding carboxylic acids is 1. The standard InChI is InChI=1S/C19H18N2O6S/c1-25-17-7-5-15(12-18(17)26-2)28(23,24)21-10-9-14-11-13(3-6-16(14)21)4-8-19(22)27-20/h3-12H,20H2,1-2H3/b8-4+. The minimum absolute atomic E-state index is 0.0670. The molecular weight excluding hydrogens is 384 g/mol. The second kappa shape index (κ2) is 7.75. The van der Waals surface area contributed by atoms with Gasteiger partial charge in [-0.15, -0.1) is 0 Å². The SMILES string of the molecule is COc1ccc(S(=O)(=O)n2ccc3cc(/C=C/C(=O)ON)ccc32)cc1OC. The summed E-state index contributed by atoms with van der Waals surface area (Å²) in [6, 6.07) is 11.2. The Labute approximate surface area is 161 Å². The minimum atomic E-state index is -3.85. The Hall–Kier alpha value is -3.30. The highest BCUT2D eigenvalue weighted by Crippen LogP contribution is 2.31. The average molecular weight is 402 g/mol. The molecule has 0 spiro atoms. The second-order valence-corrected chi connectivity index (χ2v) is 7.54. The van der Waals surface area contributed by atoms with E-state index in [4.69, 9.17) is 15.4 Å². The highest BCUT2D eigenvalue weighted by molar-refractivity contribution is 7.90. The molecule has 0 aliphatic heterocycles. The topological polar surface area (TPSA) is 110 Å². The number of hydrogen-bond acceptors (Lipinski definition) is 7. The molecule has 0 radical (unpaired) electrons. The Kier molecular flexibility index (Phi) is 5.39. The van der Waals surface area contributed by atoms with Crippen molar-refractivity contribution in [2.75, 3.05) is 14.2 Å². The van der Waals surface area contributed by atoms with E-state index in [9.17, 15) is 13.2 Å². The number of benzene rings is 2. The number of methoxy groups -OCH3 is 2. The molecule has 3 rings (SSSR count). The second-order valence-electron chi connectivity index (χ2n) is 5.72. The summed E-state index contributed by atoms with van der Waals surface area (Å²) >= 11 is 0. The van der Waals surface area contributed by atoms with Crippen molar-refractivity contribution in [3.05, 3.63) is 60.3 Å². The van der Waals surface area contributed by atoms with Crippen LogP contribution >= 0.6 is 0 Å². The Morgan fingerprint density at radius 3 is 2.46 bits per heavy atom. The van der Waals surface area contributed by atoms with E-state index in [1.54, 1.807) is 24.3 Å². The maximum Gasteiger partial charge on any atom is 0.349 e. The number of nitrogens with zero attached hydrogens (tertiary/aromatic N) is 1.